The predicted octanol–water partition coefficient (Wildman–Crippen LogP) is 1.34. The molecular weight excluding hydrogens is 332 g/mol. The Labute approximate surface area is 152 Å². The van der Waals surface area contributed by atoms with Gasteiger partial charge in [-0.3, -0.25) is 9.59 Å². The number of carbonyl (C=O) groups is 3. The average Bonchev–Trinajstić information content (AvgIpc) is 3.28. The molecule has 1 aromatic rings. The first-order valence-electron chi connectivity index (χ1n) is 9.34. The number of rotatable bonds is 3. The zero-order valence-electron chi connectivity index (χ0n) is 14.9. The molecule has 4 amide bonds. The van der Waals surface area contributed by atoms with Gasteiger partial charge in [-0.05, 0) is 43.4 Å². The summed E-state index contributed by atoms with van der Waals surface area (Å²) < 4.78 is 0. The Morgan fingerprint density at radius 2 is 1.85 bits per heavy atom. The van der Waals surface area contributed by atoms with Gasteiger partial charge < -0.3 is 20.4 Å². The summed E-state index contributed by atoms with van der Waals surface area (Å²) in [5.74, 6) is 0.0684. The zero-order valence-corrected chi connectivity index (χ0v) is 14.9. The van der Waals surface area contributed by atoms with E-state index in [0.717, 1.165) is 24.9 Å². The van der Waals surface area contributed by atoms with Crippen LogP contribution in [0.2, 0.25) is 0 Å². The molecule has 7 nitrogen and oxygen atoms in total. The van der Waals surface area contributed by atoms with Gasteiger partial charge in [-0.15, -0.1) is 0 Å². The predicted molar refractivity (Wildman–Crippen MR) is 96.6 cm³/mol. The molecule has 3 saturated heterocycles. The Balaban J connectivity index is 1.37. The molecule has 4 rings (SSSR count). The fraction of sp³-hybridized carbons (Fsp3) is 0.526. The van der Waals surface area contributed by atoms with E-state index in [1.54, 1.807) is 9.80 Å². The van der Waals surface area contributed by atoms with Crippen LogP contribution in [0.15, 0.2) is 24.3 Å². The third kappa shape index (κ3) is 2.91. The van der Waals surface area contributed by atoms with E-state index in [1.165, 1.54) is 5.56 Å². The highest BCUT2D eigenvalue weighted by atomic mass is 16.2. The zero-order chi connectivity index (χ0) is 18.3. The van der Waals surface area contributed by atoms with Gasteiger partial charge in [-0.25, -0.2) is 4.79 Å². The second-order valence-corrected chi connectivity index (χ2v) is 7.28. The van der Waals surface area contributed by atoms with Crippen molar-refractivity contribution in [2.24, 2.45) is 0 Å². The highest BCUT2D eigenvalue weighted by Gasteiger charge is 2.51. The van der Waals surface area contributed by atoms with Gasteiger partial charge in [0.05, 0.1) is 6.04 Å². The molecule has 3 atom stereocenters. The van der Waals surface area contributed by atoms with E-state index in [0.29, 0.717) is 19.5 Å². The third-order valence-electron chi connectivity index (χ3n) is 5.65. The number of amides is 4. The minimum atomic E-state index is -0.425. The number of piperazine rings is 1. The Hall–Kier alpha value is -2.57. The quantitative estimate of drug-likeness (QED) is 0.858. The Morgan fingerprint density at radius 1 is 1.12 bits per heavy atom. The lowest BCUT2D eigenvalue weighted by Gasteiger charge is -2.38. The molecular formula is C19H24N4O3. The molecule has 0 bridgehead atoms. The van der Waals surface area contributed by atoms with Gasteiger partial charge in [0, 0.05) is 18.8 Å². The first-order chi connectivity index (χ1) is 12.6. The van der Waals surface area contributed by atoms with Crippen molar-refractivity contribution in [3.8, 4) is 0 Å². The molecule has 2 N–H and O–H groups in total. The fourth-order valence-corrected chi connectivity index (χ4v) is 4.26. The molecule has 0 saturated carbocycles. The molecule has 0 radical (unpaired) electrons. The maximum absolute atomic E-state index is 12.6. The van der Waals surface area contributed by atoms with E-state index >= 15 is 0 Å². The van der Waals surface area contributed by atoms with Crippen LogP contribution in [0.1, 0.15) is 31.7 Å². The van der Waals surface area contributed by atoms with Crippen LogP contribution in [-0.4, -0.2) is 58.9 Å². The topological polar surface area (TPSA) is 81.8 Å². The lowest BCUT2D eigenvalue weighted by molar-refractivity contribution is -0.156. The molecule has 0 aliphatic carbocycles. The van der Waals surface area contributed by atoms with Gasteiger partial charge in [0.2, 0.25) is 11.8 Å². The Kier molecular flexibility index (Phi) is 4.30. The van der Waals surface area contributed by atoms with Crippen LogP contribution in [0.25, 0.3) is 0 Å². The minimum absolute atomic E-state index is 0.0342. The van der Waals surface area contributed by atoms with Crippen molar-refractivity contribution >= 4 is 23.5 Å². The van der Waals surface area contributed by atoms with Crippen molar-refractivity contribution in [3.05, 3.63) is 29.8 Å². The fourth-order valence-electron chi connectivity index (χ4n) is 4.26. The minimum Gasteiger partial charge on any atom is -0.333 e. The Morgan fingerprint density at radius 3 is 2.58 bits per heavy atom. The molecule has 3 aliphatic rings. The maximum Gasteiger partial charge on any atom is 0.319 e. The summed E-state index contributed by atoms with van der Waals surface area (Å²) in [6.45, 7) is 3.16. The van der Waals surface area contributed by atoms with Crippen LogP contribution >= 0.6 is 0 Å². The van der Waals surface area contributed by atoms with Crippen molar-refractivity contribution < 1.29 is 14.4 Å². The molecule has 0 spiro atoms. The first kappa shape index (κ1) is 16.9. The van der Waals surface area contributed by atoms with E-state index in [1.807, 2.05) is 24.3 Å². The standard InChI is InChI=1S/C19H24N4O3/c1-2-12-5-7-13(8-6-12)20-19(26)21-14-10-16-18(25)22-9-3-4-15(22)17(24)23(16)11-14/h5-8,14-16H,2-4,9-11H2,1H3,(H2,20,21,26)/t14-,15-,16-/m0/s1. The number of fused-ring (bicyclic) bond motifs is 2. The summed E-state index contributed by atoms with van der Waals surface area (Å²) in [7, 11) is 0. The first-order valence-corrected chi connectivity index (χ1v) is 9.34. The van der Waals surface area contributed by atoms with Crippen LogP contribution in [0, 0.1) is 0 Å². The van der Waals surface area contributed by atoms with Gasteiger partial charge in [-0.2, -0.15) is 0 Å². The molecule has 138 valence electrons. The lowest BCUT2D eigenvalue weighted by Crippen LogP contribution is -2.60. The monoisotopic (exact) mass is 356 g/mol. The van der Waals surface area contributed by atoms with Crippen LogP contribution in [0.3, 0.4) is 0 Å². The van der Waals surface area contributed by atoms with Gasteiger partial charge >= 0.3 is 6.03 Å². The SMILES string of the molecule is CCc1ccc(NC(=O)N[C@H]2C[C@H]3C(=O)N4CCC[C@H]4C(=O)N3C2)cc1. The van der Waals surface area contributed by atoms with Crippen LogP contribution in [0.4, 0.5) is 10.5 Å². The number of hydrogen-bond acceptors (Lipinski definition) is 3. The van der Waals surface area contributed by atoms with Crippen molar-refractivity contribution in [2.75, 3.05) is 18.4 Å². The summed E-state index contributed by atoms with van der Waals surface area (Å²) in [5, 5.41) is 5.72. The number of nitrogens with one attached hydrogen (secondary N) is 2. The molecule has 3 fully saturated rings. The van der Waals surface area contributed by atoms with E-state index in [9.17, 15) is 14.4 Å². The number of carbonyl (C=O) groups excluding carboxylic acids is 3. The molecule has 0 aromatic heterocycles. The molecule has 0 unspecified atom stereocenters. The average molecular weight is 356 g/mol. The summed E-state index contributed by atoms with van der Waals surface area (Å²) in [6, 6.07) is 6.48. The van der Waals surface area contributed by atoms with Crippen molar-refractivity contribution in [1.82, 2.24) is 15.1 Å². The highest BCUT2D eigenvalue weighted by molar-refractivity contribution is 5.98. The van der Waals surface area contributed by atoms with Crippen LogP contribution in [-0.2, 0) is 16.0 Å². The molecule has 26 heavy (non-hydrogen) atoms. The normalized spacial score (nSPS) is 27.3. The van der Waals surface area contributed by atoms with Crippen LogP contribution < -0.4 is 10.6 Å². The Bertz CT molecular complexity index is 703. The second-order valence-electron chi connectivity index (χ2n) is 7.28. The number of aryl methyl sites for hydroxylation is 1. The largest absolute Gasteiger partial charge is 0.333 e. The highest BCUT2D eigenvalue weighted by Crippen LogP contribution is 2.32. The number of anilines is 1. The van der Waals surface area contributed by atoms with Crippen LogP contribution in [0.5, 0.6) is 0 Å². The van der Waals surface area contributed by atoms with Gasteiger partial charge in [0.25, 0.3) is 0 Å². The summed E-state index contributed by atoms with van der Waals surface area (Å²) in [5.41, 5.74) is 1.93. The summed E-state index contributed by atoms with van der Waals surface area (Å²) in [4.78, 5) is 40.9. The smallest absolute Gasteiger partial charge is 0.319 e. The van der Waals surface area contributed by atoms with Crippen molar-refractivity contribution in [1.29, 1.82) is 0 Å². The van der Waals surface area contributed by atoms with Gasteiger partial charge in [0.1, 0.15) is 12.1 Å². The second kappa shape index (κ2) is 6.63. The number of nitrogens with zero attached hydrogens (tertiary/aromatic N) is 2. The van der Waals surface area contributed by atoms with Gasteiger partial charge in [-0.1, -0.05) is 19.1 Å². The lowest BCUT2D eigenvalue weighted by atomic mass is 10.1. The maximum atomic E-state index is 12.6. The summed E-state index contributed by atoms with van der Waals surface area (Å²) >= 11 is 0. The molecule has 1 aromatic carbocycles. The van der Waals surface area contributed by atoms with Crippen molar-refractivity contribution in [3.63, 3.8) is 0 Å². The van der Waals surface area contributed by atoms with E-state index in [2.05, 4.69) is 17.6 Å². The van der Waals surface area contributed by atoms with E-state index < -0.39 is 6.04 Å². The number of urea groups is 1. The number of benzene rings is 1. The van der Waals surface area contributed by atoms with Gasteiger partial charge in [0.15, 0.2) is 0 Å². The van der Waals surface area contributed by atoms with Crippen molar-refractivity contribution in [2.45, 2.75) is 50.7 Å². The van der Waals surface area contributed by atoms with E-state index in [-0.39, 0.29) is 29.9 Å². The molecule has 7 heteroatoms. The van der Waals surface area contributed by atoms with E-state index in [4.69, 9.17) is 0 Å². The third-order valence-corrected chi connectivity index (χ3v) is 5.65. The molecule has 3 aliphatic heterocycles. The molecule has 3 heterocycles. The summed E-state index contributed by atoms with van der Waals surface area (Å²) in [6.07, 6.45) is 3.07. The number of hydrogen-bond donors (Lipinski definition) is 2.